The number of aliphatic hydroxyl groups is 1. The highest BCUT2D eigenvalue weighted by atomic mass is 32.2. The van der Waals surface area contributed by atoms with E-state index in [9.17, 15) is 24.6 Å². The van der Waals surface area contributed by atoms with Gasteiger partial charge in [0.15, 0.2) is 5.12 Å². The van der Waals surface area contributed by atoms with Crippen molar-refractivity contribution in [1.29, 1.82) is 0 Å². The van der Waals surface area contributed by atoms with E-state index >= 15 is 0 Å². The number of amides is 2. The number of hydrogen-bond acceptors (Lipinski definition) is 5. The highest BCUT2D eigenvalue weighted by Gasteiger charge is 2.54. The van der Waals surface area contributed by atoms with Crippen molar-refractivity contribution in [1.82, 2.24) is 0 Å². The average Bonchev–Trinajstić information content (AvgIpc) is 2.88. The highest BCUT2D eigenvalue weighted by molar-refractivity contribution is 8.13. The molecule has 6 nitrogen and oxygen atoms in total. The number of hydrogen-bond donors (Lipinski definition) is 2. The lowest BCUT2D eigenvalue weighted by molar-refractivity contribution is -0.794. The van der Waals surface area contributed by atoms with Crippen LogP contribution in [0.3, 0.4) is 0 Å². The van der Waals surface area contributed by atoms with Crippen LogP contribution in [-0.4, -0.2) is 56.3 Å². The van der Waals surface area contributed by atoms with E-state index in [1.54, 1.807) is 6.92 Å². The Morgan fingerprint density at radius 1 is 1.25 bits per heavy atom. The minimum absolute atomic E-state index is 0.0783. The Hall–Kier alpha value is -0.920. The normalized spacial score (nSPS) is 26.3. The summed E-state index contributed by atoms with van der Waals surface area (Å²) in [5.41, 5.74) is 0. The molecule has 1 rings (SSSR count). The van der Waals surface area contributed by atoms with Gasteiger partial charge in [-0.15, -0.1) is 0 Å². The Morgan fingerprint density at radius 2 is 1.88 bits per heavy atom. The fourth-order valence-electron chi connectivity index (χ4n) is 3.31. The third-order valence-electron chi connectivity index (χ3n) is 5.04. The van der Waals surface area contributed by atoms with E-state index in [0.29, 0.717) is 32.2 Å². The molecule has 0 bridgehead atoms. The molecule has 7 heteroatoms. The quantitative estimate of drug-likeness (QED) is 0.678. The molecule has 1 aliphatic rings. The van der Waals surface area contributed by atoms with Crippen molar-refractivity contribution in [3.8, 4) is 0 Å². The van der Waals surface area contributed by atoms with E-state index in [-0.39, 0.29) is 28.7 Å². The lowest BCUT2D eigenvalue weighted by atomic mass is 9.95. The number of thioether (sulfide) groups is 1. The zero-order valence-corrected chi connectivity index (χ0v) is 15.8. The van der Waals surface area contributed by atoms with Gasteiger partial charge in [0, 0.05) is 25.5 Å². The first kappa shape index (κ1) is 21.1. The molecule has 1 saturated heterocycles. The molecule has 4 atom stereocenters. The number of likely N-dealkylation sites (tertiary alicyclic amines) is 1. The highest BCUT2D eigenvalue weighted by Crippen LogP contribution is 2.32. The summed E-state index contributed by atoms with van der Waals surface area (Å²) in [7, 11) is 0. The number of carbonyl (C=O) groups is 3. The van der Waals surface area contributed by atoms with Crippen molar-refractivity contribution < 1.29 is 29.1 Å². The van der Waals surface area contributed by atoms with Crippen LogP contribution in [0.4, 0.5) is 4.79 Å². The summed E-state index contributed by atoms with van der Waals surface area (Å²) in [4.78, 5) is 36.3. The second kappa shape index (κ2) is 8.97. The van der Waals surface area contributed by atoms with Gasteiger partial charge in [0.2, 0.25) is 0 Å². The van der Waals surface area contributed by atoms with E-state index in [2.05, 4.69) is 0 Å². The third kappa shape index (κ3) is 4.80. The van der Waals surface area contributed by atoms with Gasteiger partial charge in [-0.2, -0.15) is 9.28 Å². The second-order valence-corrected chi connectivity index (χ2v) is 8.29. The molecular formula is C17H30NO5S+. The van der Waals surface area contributed by atoms with Crippen LogP contribution in [-0.2, 0) is 9.59 Å². The van der Waals surface area contributed by atoms with Gasteiger partial charge in [0.05, 0.1) is 18.6 Å². The van der Waals surface area contributed by atoms with Crippen molar-refractivity contribution in [3.63, 3.8) is 0 Å². The van der Waals surface area contributed by atoms with Crippen molar-refractivity contribution in [3.05, 3.63) is 0 Å². The van der Waals surface area contributed by atoms with Crippen molar-refractivity contribution >= 4 is 28.9 Å². The van der Waals surface area contributed by atoms with Gasteiger partial charge in [-0.25, -0.2) is 4.79 Å². The van der Waals surface area contributed by atoms with Crippen LogP contribution in [0.25, 0.3) is 0 Å². The molecule has 1 fully saturated rings. The van der Waals surface area contributed by atoms with Crippen LogP contribution < -0.4 is 0 Å². The number of rotatable bonds is 7. The van der Waals surface area contributed by atoms with Crippen LogP contribution >= 0.6 is 11.8 Å². The first-order chi connectivity index (χ1) is 11.1. The molecular weight excluding hydrogens is 330 g/mol. The Bertz CT molecular complexity index is 482. The predicted molar refractivity (Wildman–Crippen MR) is 93.6 cm³/mol. The summed E-state index contributed by atoms with van der Waals surface area (Å²) >= 11 is 1.05. The van der Waals surface area contributed by atoms with Crippen LogP contribution in [0.5, 0.6) is 0 Å². The van der Waals surface area contributed by atoms with Gasteiger partial charge in [-0.3, -0.25) is 4.79 Å². The molecule has 0 spiro atoms. The van der Waals surface area contributed by atoms with Crippen LogP contribution in [0.1, 0.15) is 53.4 Å². The number of nitrogens with zero attached hydrogens (tertiary/aromatic N) is 1. The van der Waals surface area contributed by atoms with Gasteiger partial charge in [-0.05, 0) is 25.7 Å². The Balaban J connectivity index is 2.96. The fraction of sp³-hybridized carbons (Fsp3) is 0.824. The van der Waals surface area contributed by atoms with Gasteiger partial charge in [0.1, 0.15) is 6.04 Å². The zero-order valence-electron chi connectivity index (χ0n) is 15.0. The first-order valence-electron chi connectivity index (χ1n) is 8.60. The van der Waals surface area contributed by atoms with E-state index < -0.39 is 22.6 Å². The Morgan fingerprint density at radius 3 is 2.29 bits per heavy atom. The van der Waals surface area contributed by atoms with Crippen molar-refractivity contribution in [2.45, 2.75) is 65.5 Å². The maximum atomic E-state index is 13.1. The Labute approximate surface area is 148 Å². The minimum Gasteiger partial charge on any atom is -0.435 e. The van der Waals surface area contributed by atoms with Gasteiger partial charge < -0.3 is 10.2 Å². The van der Waals surface area contributed by atoms with Crippen LogP contribution in [0, 0.1) is 11.8 Å². The van der Waals surface area contributed by atoms with E-state index in [1.807, 2.05) is 13.8 Å². The zero-order chi connectivity index (χ0) is 18.5. The number of carbonyl (C=O) groups excluding carboxylic acids is 2. The molecule has 0 aromatic heterocycles. The maximum Gasteiger partial charge on any atom is 0.521 e. The van der Waals surface area contributed by atoms with Gasteiger partial charge >= 0.3 is 12.0 Å². The molecule has 0 saturated carbocycles. The van der Waals surface area contributed by atoms with Gasteiger partial charge in [0.25, 0.3) is 0 Å². The molecule has 3 unspecified atom stereocenters. The summed E-state index contributed by atoms with van der Waals surface area (Å²) in [6.45, 7) is 7.36. The molecule has 24 heavy (non-hydrogen) atoms. The fourth-order valence-corrected chi connectivity index (χ4v) is 4.05. The molecule has 2 amide bonds. The summed E-state index contributed by atoms with van der Waals surface area (Å²) in [5, 5.41) is 19.7. The molecule has 0 aliphatic carbocycles. The van der Waals surface area contributed by atoms with Crippen molar-refractivity contribution in [2.24, 2.45) is 11.8 Å². The number of imide groups is 1. The largest absolute Gasteiger partial charge is 0.521 e. The smallest absolute Gasteiger partial charge is 0.435 e. The SMILES string of the molecule is CC(=O)SCC(CCC(O)C(C)C)C(=O)[N+]1(C(=O)O)CCC[C@H]1C. The molecule has 0 aromatic carbocycles. The standard InChI is InChI=1S/C17H29NO5S/c1-11(2)15(20)8-7-14(10-24-13(4)19)16(21)18(17(22)23)9-5-6-12(18)3/h11-12,14-15,20H,5-10H2,1-4H3/p+1/t12-,14?,15?,18?/m1/s1. The lowest BCUT2D eigenvalue weighted by Crippen LogP contribution is -2.60. The number of quaternary nitrogens is 1. The minimum atomic E-state index is -1.10. The Kier molecular flexibility index (Phi) is 7.89. The van der Waals surface area contributed by atoms with E-state index in [4.69, 9.17) is 0 Å². The average molecular weight is 360 g/mol. The third-order valence-corrected chi connectivity index (χ3v) is 6.01. The molecule has 0 radical (unpaired) electrons. The van der Waals surface area contributed by atoms with E-state index in [0.717, 1.165) is 11.8 Å². The number of carboxylic acid groups (broad SMARTS) is 1. The summed E-state index contributed by atoms with van der Waals surface area (Å²) in [5.74, 6) is -0.505. The summed E-state index contributed by atoms with van der Waals surface area (Å²) < 4.78 is -0.541. The summed E-state index contributed by atoms with van der Waals surface area (Å²) in [6, 6.07) is -0.255. The molecule has 2 N–H and O–H groups in total. The molecule has 1 aliphatic heterocycles. The van der Waals surface area contributed by atoms with Crippen LogP contribution in [0.15, 0.2) is 0 Å². The topological polar surface area (TPSA) is 91.7 Å². The van der Waals surface area contributed by atoms with Crippen LogP contribution in [0.2, 0.25) is 0 Å². The molecule has 138 valence electrons. The maximum absolute atomic E-state index is 13.1. The second-order valence-electron chi connectivity index (χ2n) is 7.09. The molecule has 1 heterocycles. The van der Waals surface area contributed by atoms with E-state index in [1.165, 1.54) is 6.92 Å². The number of aliphatic hydroxyl groups excluding tert-OH is 1. The molecule has 0 aromatic rings. The predicted octanol–water partition coefficient (Wildman–Crippen LogP) is 2.88. The summed E-state index contributed by atoms with van der Waals surface area (Å²) in [6.07, 6.45) is 0.614. The van der Waals surface area contributed by atoms with Gasteiger partial charge in [-0.1, -0.05) is 25.6 Å². The first-order valence-corrected chi connectivity index (χ1v) is 9.58. The lowest BCUT2D eigenvalue weighted by Gasteiger charge is -2.33. The van der Waals surface area contributed by atoms with Crippen molar-refractivity contribution in [2.75, 3.05) is 12.3 Å². The monoisotopic (exact) mass is 360 g/mol.